The van der Waals surface area contributed by atoms with Crippen LogP contribution in [0.3, 0.4) is 0 Å². The summed E-state index contributed by atoms with van der Waals surface area (Å²) in [5.41, 5.74) is 1.14. The van der Waals surface area contributed by atoms with Crippen LogP contribution in [0.1, 0.15) is 41.9 Å². The molecular formula is C31H26F2N2O2S. The highest BCUT2D eigenvalue weighted by Gasteiger charge is 2.77. The summed E-state index contributed by atoms with van der Waals surface area (Å²) in [7, 11) is 0. The van der Waals surface area contributed by atoms with Crippen LogP contribution in [0.2, 0.25) is 0 Å². The van der Waals surface area contributed by atoms with Gasteiger partial charge >= 0.3 is 0 Å². The Morgan fingerprint density at radius 2 is 1.76 bits per heavy atom. The second-order valence-electron chi connectivity index (χ2n) is 10.7. The van der Waals surface area contributed by atoms with E-state index in [-0.39, 0.29) is 35.3 Å². The molecule has 1 N–H and O–H groups in total. The van der Waals surface area contributed by atoms with Gasteiger partial charge in [-0.05, 0) is 72.4 Å². The molecule has 3 aromatic carbocycles. The average molecular weight is 529 g/mol. The first-order valence-corrected chi connectivity index (χ1v) is 14.1. The quantitative estimate of drug-likeness (QED) is 0.408. The molecule has 192 valence electrons. The highest BCUT2D eigenvalue weighted by molar-refractivity contribution is 7.99. The van der Waals surface area contributed by atoms with E-state index in [4.69, 9.17) is 0 Å². The van der Waals surface area contributed by atoms with Crippen molar-refractivity contribution in [1.82, 2.24) is 4.90 Å². The van der Waals surface area contributed by atoms with Gasteiger partial charge in [0.25, 0.3) is 5.91 Å². The monoisotopic (exact) mass is 528 g/mol. The number of carbonyl (C=O) groups is 2. The Hall–Kier alpha value is -3.29. The SMILES string of the molecule is O=C1Nc2ccccc2[C@]12N1CSC[C@H]1[C@H](c1cccc(F)c1)[C@]21CCCC(=Cc2cccc(F)c2)C1=O. The number of para-hydroxylation sites is 1. The van der Waals surface area contributed by atoms with Crippen LogP contribution in [0.15, 0.2) is 78.4 Å². The molecule has 0 bridgehead atoms. The molecule has 1 amide bonds. The third-order valence-electron chi connectivity index (χ3n) is 8.92. The standard InChI is InChI=1S/C31H26F2N2O2S/c32-22-9-3-6-19(15-22)14-21-8-5-13-30(28(21)36)27(20-7-4-10-23(33)16-20)26-17-38-18-35(26)31(30)24-11-1-2-12-25(24)34-29(31)37/h1-4,6-7,9-12,14-16,26-27H,5,8,13,17-18H2,(H,34,37)/t26-,27-,30-,31-/m0/s1. The third kappa shape index (κ3) is 3.06. The van der Waals surface area contributed by atoms with Gasteiger partial charge in [-0.2, -0.15) is 0 Å². The maximum atomic E-state index is 15.0. The van der Waals surface area contributed by atoms with Crippen molar-refractivity contribution in [2.24, 2.45) is 5.41 Å². The van der Waals surface area contributed by atoms with Crippen LogP contribution in [0.4, 0.5) is 14.5 Å². The van der Waals surface area contributed by atoms with E-state index in [2.05, 4.69) is 10.2 Å². The molecule has 3 aromatic rings. The van der Waals surface area contributed by atoms with Gasteiger partial charge in [-0.3, -0.25) is 14.5 Å². The lowest BCUT2D eigenvalue weighted by atomic mass is 9.53. The number of thioether (sulfide) groups is 1. The van der Waals surface area contributed by atoms with E-state index in [9.17, 15) is 18.4 Å². The largest absolute Gasteiger partial charge is 0.324 e. The number of fused-ring (bicyclic) bond motifs is 5. The van der Waals surface area contributed by atoms with Crippen LogP contribution in [0.25, 0.3) is 6.08 Å². The maximum absolute atomic E-state index is 15.0. The Balaban J connectivity index is 1.52. The van der Waals surface area contributed by atoms with E-state index in [0.29, 0.717) is 36.3 Å². The van der Waals surface area contributed by atoms with Gasteiger partial charge < -0.3 is 5.32 Å². The molecule has 7 heteroatoms. The highest BCUT2D eigenvalue weighted by atomic mass is 32.2. The van der Waals surface area contributed by atoms with E-state index in [0.717, 1.165) is 22.6 Å². The van der Waals surface area contributed by atoms with E-state index in [1.54, 1.807) is 36.0 Å². The fourth-order valence-electron chi connectivity index (χ4n) is 7.71. The first kappa shape index (κ1) is 23.8. The lowest BCUT2D eigenvalue weighted by molar-refractivity contribution is -0.145. The van der Waals surface area contributed by atoms with Gasteiger partial charge in [0.05, 0.1) is 5.41 Å². The van der Waals surface area contributed by atoms with Gasteiger partial charge in [0.15, 0.2) is 5.78 Å². The number of amides is 1. The number of anilines is 1. The van der Waals surface area contributed by atoms with Crippen LogP contribution in [-0.4, -0.2) is 34.3 Å². The number of allylic oxidation sites excluding steroid dienone is 1. The van der Waals surface area contributed by atoms with Gasteiger partial charge in [-0.25, -0.2) is 8.78 Å². The van der Waals surface area contributed by atoms with Crippen molar-refractivity contribution in [3.8, 4) is 0 Å². The number of hydrogen-bond acceptors (Lipinski definition) is 4. The summed E-state index contributed by atoms with van der Waals surface area (Å²) < 4.78 is 28.7. The number of ketones is 1. The molecule has 0 aromatic heterocycles. The Kier molecular flexibility index (Phi) is 5.39. The molecule has 2 saturated heterocycles. The number of carbonyl (C=O) groups excluding carboxylic acids is 2. The number of nitrogens with zero attached hydrogens (tertiary/aromatic N) is 1. The Morgan fingerprint density at radius 1 is 0.974 bits per heavy atom. The Morgan fingerprint density at radius 3 is 2.58 bits per heavy atom. The van der Waals surface area contributed by atoms with Crippen LogP contribution in [0.5, 0.6) is 0 Å². The van der Waals surface area contributed by atoms with Gasteiger partial charge in [0, 0.05) is 34.8 Å². The normalized spacial score (nSPS) is 31.3. The molecule has 3 aliphatic heterocycles. The predicted molar refractivity (Wildman–Crippen MR) is 145 cm³/mol. The molecular weight excluding hydrogens is 502 g/mol. The summed E-state index contributed by atoms with van der Waals surface area (Å²) >= 11 is 1.74. The first-order valence-electron chi connectivity index (χ1n) is 13.0. The molecule has 1 saturated carbocycles. The summed E-state index contributed by atoms with van der Waals surface area (Å²) in [4.78, 5) is 31.5. The summed E-state index contributed by atoms with van der Waals surface area (Å²) in [5, 5.41) is 3.11. The fraction of sp³-hybridized carbons (Fsp3) is 0.290. The molecule has 4 nitrogen and oxygen atoms in total. The van der Waals surface area contributed by atoms with Gasteiger partial charge in [-0.1, -0.05) is 42.5 Å². The Bertz CT molecular complexity index is 1520. The van der Waals surface area contributed by atoms with Crippen molar-refractivity contribution >= 4 is 35.2 Å². The molecule has 7 rings (SSSR count). The zero-order valence-corrected chi connectivity index (χ0v) is 21.4. The first-order chi connectivity index (χ1) is 18.5. The van der Waals surface area contributed by atoms with Crippen molar-refractivity contribution in [2.45, 2.75) is 36.8 Å². The van der Waals surface area contributed by atoms with E-state index < -0.39 is 11.0 Å². The van der Waals surface area contributed by atoms with Crippen molar-refractivity contribution in [1.29, 1.82) is 0 Å². The van der Waals surface area contributed by atoms with E-state index >= 15 is 0 Å². The lowest BCUT2D eigenvalue weighted by Crippen LogP contribution is -2.60. The van der Waals surface area contributed by atoms with Crippen molar-refractivity contribution in [3.63, 3.8) is 0 Å². The number of nitrogens with one attached hydrogen (secondary N) is 1. The molecule has 4 atom stereocenters. The number of rotatable bonds is 2. The molecule has 2 spiro atoms. The second kappa shape index (κ2) is 8.61. The van der Waals surface area contributed by atoms with Crippen LogP contribution in [0, 0.1) is 17.0 Å². The zero-order chi connectivity index (χ0) is 26.1. The number of Topliss-reactive ketones (excluding diaryl/α,β-unsaturated/α-hetero) is 1. The lowest BCUT2D eigenvalue weighted by Gasteiger charge is -2.49. The van der Waals surface area contributed by atoms with Gasteiger partial charge in [0.1, 0.15) is 17.2 Å². The van der Waals surface area contributed by atoms with Crippen molar-refractivity contribution < 1.29 is 18.4 Å². The molecule has 1 aliphatic carbocycles. The summed E-state index contributed by atoms with van der Waals surface area (Å²) in [6.45, 7) is 0. The molecule has 0 radical (unpaired) electrons. The molecule has 0 unspecified atom stereocenters. The third-order valence-corrected chi connectivity index (χ3v) is 9.95. The molecule has 38 heavy (non-hydrogen) atoms. The minimum absolute atomic E-state index is 0.0893. The molecule has 4 aliphatic rings. The highest BCUT2D eigenvalue weighted by Crippen LogP contribution is 2.70. The van der Waals surface area contributed by atoms with Gasteiger partial charge in [0.2, 0.25) is 0 Å². The number of halogens is 2. The molecule has 3 fully saturated rings. The Labute approximate surface area is 224 Å². The second-order valence-corrected chi connectivity index (χ2v) is 11.7. The summed E-state index contributed by atoms with van der Waals surface area (Å²) in [6.07, 6.45) is 3.53. The number of hydrogen-bond donors (Lipinski definition) is 1. The van der Waals surface area contributed by atoms with Crippen molar-refractivity contribution in [3.05, 3.63) is 107 Å². The fourth-order valence-corrected chi connectivity index (χ4v) is 9.02. The zero-order valence-electron chi connectivity index (χ0n) is 20.6. The smallest absolute Gasteiger partial charge is 0.250 e. The summed E-state index contributed by atoms with van der Waals surface area (Å²) in [5.74, 6) is -0.0280. The van der Waals surface area contributed by atoms with Crippen molar-refractivity contribution in [2.75, 3.05) is 16.9 Å². The van der Waals surface area contributed by atoms with Crippen LogP contribution < -0.4 is 5.32 Å². The van der Waals surface area contributed by atoms with Gasteiger partial charge in [-0.15, -0.1) is 11.8 Å². The minimum atomic E-state index is -1.22. The maximum Gasteiger partial charge on any atom is 0.250 e. The average Bonchev–Trinajstić information content (AvgIpc) is 3.55. The van der Waals surface area contributed by atoms with Crippen LogP contribution >= 0.6 is 11.8 Å². The minimum Gasteiger partial charge on any atom is -0.324 e. The predicted octanol–water partition coefficient (Wildman–Crippen LogP) is 6.11. The van der Waals surface area contributed by atoms with Crippen LogP contribution in [-0.2, 0) is 15.1 Å². The summed E-state index contributed by atoms with van der Waals surface area (Å²) in [6, 6.07) is 20.3. The van der Waals surface area contributed by atoms with E-state index in [1.807, 2.05) is 30.3 Å². The topological polar surface area (TPSA) is 49.4 Å². The van der Waals surface area contributed by atoms with E-state index in [1.165, 1.54) is 24.3 Å². The molecule has 3 heterocycles. The number of benzene rings is 3.